The molecule has 0 bridgehead atoms. The van der Waals surface area contributed by atoms with Crippen molar-refractivity contribution in [2.45, 2.75) is 70.6 Å². The summed E-state index contributed by atoms with van der Waals surface area (Å²) in [6.07, 6.45) is 5.69. The molecule has 9 heteroatoms. The van der Waals surface area contributed by atoms with Gasteiger partial charge in [0, 0.05) is 12.6 Å². The van der Waals surface area contributed by atoms with Crippen molar-refractivity contribution in [3.63, 3.8) is 0 Å². The van der Waals surface area contributed by atoms with Gasteiger partial charge < -0.3 is 10.2 Å². The van der Waals surface area contributed by atoms with Crippen molar-refractivity contribution in [2.75, 3.05) is 0 Å². The second-order valence-corrected chi connectivity index (χ2v) is 9.29. The Bertz CT molecular complexity index is 1030. The standard InChI is InChI=1S/C24H30N6O2S/c1-2-20(24(32)25-16-18-10-5-3-6-11-18)30(19-12-7-4-8-13-19)22(31)17-29-27-23(26-28-29)21-14-9-15-33-21/h3,5-6,9-11,14-15,19-20H,2,4,7-8,12-13,16-17H2,1H3,(H,25,32)/t20-/m0/s1. The van der Waals surface area contributed by atoms with Crippen LogP contribution in [0.2, 0.25) is 0 Å². The minimum absolute atomic E-state index is 0.0304. The van der Waals surface area contributed by atoms with E-state index in [1.165, 1.54) is 22.6 Å². The van der Waals surface area contributed by atoms with Gasteiger partial charge in [0.1, 0.15) is 12.6 Å². The highest BCUT2D eigenvalue weighted by Gasteiger charge is 2.35. The van der Waals surface area contributed by atoms with E-state index < -0.39 is 6.04 Å². The van der Waals surface area contributed by atoms with Gasteiger partial charge in [-0.05, 0) is 41.5 Å². The van der Waals surface area contributed by atoms with Crippen LogP contribution in [0.15, 0.2) is 47.8 Å². The largest absolute Gasteiger partial charge is 0.350 e. The van der Waals surface area contributed by atoms with Crippen LogP contribution in [-0.2, 0) is 22.7 Å². The van der Waals surface area contributed by atoms with Crippen molar-refractivity contribution in [1.29, 1.82) is 0 Å². The Balaban J connectivity index is 1.49. The first-order valence-electron chi connectivity index (χ1n) is 11.6. The molecule has 1 atom stereocenters. The molecule has 2 amide bonds. The van der Waals surface area contributed by atoms with Crippen LogP contribution >= 0.6 is 11.3 Å². The molecule has 1 aromatic carbocycles. The van der Waals surface area contributed by atoms with Crippen LogP contribution in [0.5, 0.6) is 0 Å². The molecule has 2 heterocycles. The number of hydrogen-bond acceptors (Lipinski definition) is 6. The monoisotopic (exact) mass is 466 g/mol. The normalized spacial score (nSPS) is 15.2. The first kappa shape index (κ1) is 23.1. The lowest BCUT2D eigenvalue weighted by Crippen LogP contribution is -2.55. The number of nitrogens with zero attached hydrogens (tertiary/aromatic N) is 5. The maximum Gasteiger partial charge on any atom is 0.247 e. The Morgan fingerprint density at radius 3 is 2.64 bits per heavy atom. The lowest BCUT2D eigenvalue weighted by atomic mass is 9.92. The fourth-order valence-electron chi connectivity index (χ4n) is 4.42. The molecule has 8 nitrogen and oxygen atoms in total. The van der Waals surface area contributed by atoms with Crippen LogP contribution < -0.4 is 5.32 Å². The zero-order valence-corrected chi connectivity index (χ0v) is 19.7. The fraction of sp³-hybridized carbons (Fsp3) is 0.458. The first-order valence-corrected chi connectivity index (χ1v) is 12.5. The maximum atomic E-state index is 13.5. The molecule has 174 valence electrons. The summed E-state index contributed by atoms with van der Waals surface area (Å²) >= 11 is 1.53. The van der Waals surface area contributed by atoms with Crippen LogP contribution in [0.1, 0.15) is 51.0 Å². The highest BCUT2D eigenvalue weighted by atomic mass is 32.1. The Labute approximate surface area is 198 Å². The minimum atomic E-state index is -0.524. The fourth-order valence-corrected chi connectivity index (χ4v) is 5.07. The Morgan fingerprint density at radius 2 is 1.94 bits per heavy atom. The summed E-state index contributed by atoms with van der Waals surface area (Å²) in [5.41, 5.74) is 1.03. The van der Waals surface area contributed by atoms with Gasteiger partial charge in [-0.15, -0.1) is 21.5 Å². The Morgan fingerprint density at radius 1 is 1.15 bits per heavy atom. The predicted molar refractivity (Wildman–Crippen MR) is 127 cm³/mol. The van der Waals surface area contributed by atoms with Gasteiger partial charge in [-0.3, -0.25) is 9.59 Å². The van der Waals surface area contributed by atoms with Gasteiger partial charge in [0.25, 0.3) is 0 Å². The van der Waals surface area contributed by atoms with Crippen molar-refractivity contribution < 1.29 is 9.59 Å². The van der Waals surface area contributed by atoms with E-state index in [0.717, 1.165) is 36.1 Å². The summed E-state index contributed by atoms with van der Waals surface area (Å²) in [5, 5.41) is 17.5. The molecule has 1 saturated carbocycles. The molecule has 0 unspecified atom stereocenters. The van der Waals surface area contributed by atoms with Crippen molar-refractivity contribution in [2.24, 2.45) is 0 Å². The lowest BCUT2D eigenvalue weighted by molar-refractivity contribution is -0.145. The SMILES string of the molecule is CC[C@@H](C(=O)NCc1ccccc1)N(C(=O)Cn1nnc(-c2cccs2)n1)C1CCCCC1. The molecule has 4 rings (SSSR count). The van der Waals surface area contributed by atoms with Gasteiger partial charge in [0.15, 0.2) is 0 Å². The van der Waals surface area contributed by atoms with Gasteiger partial charge in [-0.2, -0.15) is 4.80 Å². The Hall–Kier alpha value is -3.07. The van der Waals surface area contributed by atoms with Gasteiger partial charge in [-0.1, -0.05) is 62.6 Å². The number of benzene rings is 1. The van der Waals surface area contributed by atoms with Crippen LogP contribution in [0, 0.1) is 0 Å². The van der Waals surface area contributed by atoms with Crippen molar-refractivity contribution in [3.8, 4) is 10.7 Å². The van der Waals surface area contributed by atoms with E-state index in [1.807, 2.05) is 54.8 Å². The van der Waals surface area contributed by atoms with Crippen molar-refractivity contribution >= 4 is 23.2 Å². The number of carbonyl (C=O) groups excluding carboxylic acids is 2. The number of nitrogens with one attached hydrogen (secondary N) is 1. The first-order chi connectivity index (χ1) is 16.2. The molecule has 0 saturated heterocycles. The molecule has 1 fully saturated rings. The van der Waals surface area contributed by atoms with Crippen LogP contribution in [0.3, 0.4) is 0 Å². The van der Waals surface area contributed by atoms with E-state index in [0.29, 0.717) is 18.8 Å². The van der Waals surface area contributed by atoms with E-state index in [9.17, 15) is 9.59 Å². The number of carbonyl (C=O) groups is 2. The van der Waals surface area contributed by atoms with Crippen LogP contribution in [0.25, 0.3) is 10.7 Å². The van der Waals surface area contributed by atoms with E-state index in [-0.39, 0.29) is 24.4 Å². The predicted octanol–water partition coefficient (Wildman–Crippen LogP) is 3.66. The van der Waals surface area contributed by atoms with Crippen molar-refractivity contribution in [1.82, 2.24) is 30.4 Å². The number of aromatic nitrogens is 4. The summed E-state index contributed by atoms with van der Waals surface area (Å²) < 4.78 is 0. The number of thiophene rings is 1. The van der Waals surface area contributed by atoms with Crippen molar-refractivity contribution in [3.05, 3.63) is 53.4 Å². The van der Waals surface area contributed by atoms with Crippen LogP contribution in [0.4, 0.5) is 0 Å². The summed E-state index contributed by atoms with van der Waals surface area (Å²) in [4.78, 5) is 30.7. The van der Waals surface area contributed by atoms with E-state index >= 15 is 0 Å². The zero-order chi connectivity index (χ0) is 23.0. The molecule has 0 spiro atoms. The van der Waals surface area contributed by atoms with E-state index in [4.69, 9.17) is 0 Å². The van der Waals surface area contributed by atoms with Gasteiger partial charge in [0.05, 0.1) is 4.88 Å². The lowest BCUT2D eigenvalue weighted by Gasteiger charge is -2.39. The summed E-state index contributed by atoms with van der Waals surface area (Å²) in [7, 11) is 0. The molecule has 1 aliphatic rings. The minimum Gasteiger partial charge on any atom is -0.350 e. The zero-order valence-electron chi connectivity index (χ0n) is 18.9. The molecular formula is C24H30N6O2S. The Kier molecular flexibility index (Phi) is 7.83. The topological polar surface area (TPSA) is 93.0 Å². The average molecular weight is 467 g/mol. The second-order valence-electron chi connectivity index (χ2n) is 8.34. The summed E-state index contributed by atoms with van der Waals surface area (Å²) in [6, 6.07) is 13.2. The number of amides is 2. The molecule has 3 aromatic rings. The third-order valence-corrected chi connectivity index (χ3v) is 6.93. The molecule has 1 aliphatic carbocycles. The smallest absolute Gasteiger partial charge is 0.247 e. The molecule has 0 aliphatic heterocycles. The quantitative estimate of drug-likeness (QED) is 0.520. The number of tetrazole rings is 1. The molecule has 1 N–H and O–H groups in total. The molecular weight excluding hydrogens is 436 g/mol. The highest BCUT2D eigenvalue weighted by molar-refractivity contribution is 7.13. The maximum absolute atomic E-state index is 13.5. The number of rotatable bonds is 9. The average Bonchev–Trinajstić information content (AvgIpc) is 3.54. The van der Waals surface area contributed by atoms with E-state index in [1.54, 1.807) is 4.90 Å². The van der Waals surface area contributed by atoms with Gasteiger partial charge >= 0.3 is 0 Å². The van der Waals surface area contributed by atoms with Gasteiger partial charge in [-0.25, -0.2) is 0 Å². The van der Waals surface area contributed by atoms with Gasteiger partial charge in [0.2, 0.25) is 17.6 Å². The number of hydrogen-bond donors (Lipinski definition) is 1. The molecule has 0 radical (unpaired) electrons. The van der Waals surface area contributed by atoms with E-state index in [2.05, 4.69) is 20.7 Å². The third kappa shape index (κ3) is 5.84. The molecule has 33 heavy (non-hydrogen) atoms. The molecule has 2 aromatic heterocycles. The summed E-state index contributed by atoms with van der Waals surface area (Å²) in [5.74, 6) is 0.250. The summed E-state index contributed by atoms with van der Waals surface area (Å²) in [6.45, 7) is 2.37. The third-order valence-electron chi connectivity index (χ3n) is 6.06. The van der Waals surface area contributed by atoms with Crippen LogP contribution in [-0.4, -0.2) is 49.0 Å². The second kappa shape index (κ2) is 11.2. The highest BCUT2D eigenvalue weighted by Crippen LogP contribution is 2.26.